The molecule has 132 valence electrons. The summed E-state index contributed by atoms with van der Waals surface area (Å²) in [6.45, 7) is 6.05. The molecule has 0 radical (unpaired) electrons. The standard InChI is InChI=1S/C16H22N8O/c1-10(12-9-23(3)20-11(12)2)17-15-16(24-7-5-4-6-8-24)19-14-13(18-15)21-25-22-14/h9-10H,4-8H2,1-3H3,(H,17,18,21)/t10-/m0/s1. The van der Waals surface area contributed by atoms with Gasteiger partial charge in [-0.25, -0.2) is 14.6 Å². The van der Waals surface area contributed by atoms with Gasteiger partial charge in [-0.2, -0.15) is 5.10 Å². The number of hydrogen-bond acceptors (Lipinski definition) is 8. The maximum absolute atomic E-state index is 4.79. The van der Waals surface area contributed by atoms with Gasteiger partial charge in [-0.3, -0.25) is 4.68 Å². The molecule has 0 bridgehead atoms. The lowest BCUT2D eigenvalue weighted by molar-refractivity contribution is 0.314. The Kier molecular flexibility index (Phi) is 3.98. The van der Waals surface area contributed by atoms with Crippen LogP contribution in [-0.2, 0) is 7.05 Å². The Bertz CT molecular complexity index is 880. The summed E-state index contributed by atoms with van der Waals surface area (Å²) in [5, 5.41) is 15.6. The van der Waals surface area contributed by atoms with E-state index in [2.05, 4.69) is 42.5 Å². The van der Waals surface area contributed by atoms with E-state index >= 15 is 0 Å². The third-order valence-corrected chi connectivity index (χ3v) is 4.62. The van der Waals surface area contributed by atoms with Gasteiger partial charge in [-0.05, 0) is 43.4 Å². The van der Waals surface area contributed by atoms with Gasteiger partial charge in [0, 0.05) is 31.9 Å². The molecular weight excluding hydrogens is 320 g/mol. The van der Waals surface area contributed by atoms with Crippen molar-refractivity contribution in [2.24, 2.45) is 7.05 Å². The number of hydrogen-bond donors (Lipinski definition) is 1. The molecule has 1 atom stereocenters. The van der Waals surface area contributed by atoms with Crippen LogP contribution < -0.4 is 10.2 Å². The second kappa shape index (κ2) is 6.30. The van der Waals surface area contributed by atoms with E-state index in [4.69, 9.17) is 4.63 Å². The fourth-order valence-corrected chi connectivity index (χ4v) is 3.38. The molecule has 1 N–H and O–H groups in total. The Hall–Kier alpha value is -2.71. The van der Waals surface area contributed by atoms with Crippen molar-refractivity contribution in [2.45, 2.75) is 39.2 Å². The third kappa shape index (κ3) is 3.01. The van der Waals surface area contributed by atoms with Crippen LogP contribution in [0.1, 0.15) is 43.5 Å². The summed E-state index contributed by atoms with van der Waals surface area (Å²) in [6, 6.07) is 0.0452. The molecule has 3 aromatic heterocycles. The Morgan fingerprint density at radius 2 is 1.84 bits per heavy atom. The maximum atomic E-state index is 4.79. The van der Waals surface area contributed by atoms with Crippen LogP contribution in [0.3, 0.4) is 0 Å². The molecule has 1 aliphatic rings. The molecule has 25 heavy (non-hydrogen) atoms. The molecule has 1 saturated heterocycles. The summed E-state index contributed by atoms with van der Waals surface area (Å²) in [4.78, 5) is 11.5. The Morgan fingerprint density at radius 3 is 2.52 bits per heavy atom. The average Bonchev–Trinajstić information content (AvgIpc) is 3.20. The first-order chi connectivity index (χ1) is 12.1. The molecular formula is C16H22N8O. The molecule has 0 spiro atoms. The van der Waals surface area contributed by atoms with Crippen LogP contribution in [-0.4, -0.2) is 43.2 Å². The molecule has 9 heteroatoms. The van der Waals surface area contributed by atoms with Crippen LogP contribution in [0.5, 0.6) is 0 Å². The van der Waals surface area contributed by atoms with Crippen LogP contribution in [0.15, 0.2) is 10.8 Å². The van der Waals surface area contributed by atoms with E-state index in [0.29, 0.717) is 17.1 Å². The molecule has 0 unspecified atom stereocenters. The number of nitrogens with zero attached hydrogens (tertiary/aromatic N) is 7. The first kappa shape index (κ1) is 15.8. The van der Waals surface area contributed by atoms with Gasteiger partial charge in [0.2, 0.25) is 11.3 Å². The fraction of sp³-hybridized carbons (Fsp3) is 0.562. The number of piperidine rings is 1. The molecule has 4 rings (SSSR count). The number of fused-ring (bicyclic) bond motifs is 1. The highest BCUT2D eigenvalue weighted by molar-refractivity contribution is 5.74. The highest BCUT2D eigenvalue weighted by Gasteiger charge is 2.22. The molecule has 4 heterocycles. The quantitative estimate of drug-likeness (QED) is 0.771. The van der Waals surface area contributed by atoms with Crippen LogP contribution >= 0.6 is 0 Å². The lowest BCUT2D eigenvalue weighted by Crippen LogP contribution is -2.31. The maximum Gasteiger partial charge on any atom is 0.245 e. The van der Waals surface area contributed by atoms with E-state index < -0.39 is 0 Å². The van der Waals surface area contributed by atoms with E-state index in [1.54, 1.807) is 0 Å². The van der Waals surface area contributed by atoms with Gasteiger partial charge in [-0.1, -0.05) is 0 Å². The van der Waals surface area contributed by atoms with Crippen molar-refractivity contribution in [1.29, 1.82) is 0 Å². The van der Waals surface area contributed by atoms with Gasteiger partial charge >= 0.3 is 0 Å². The van der Waals surface area contributed by atoms with Crippen molar-refractivity contribution in [3.05, 3.63) is 17.5 Å². The summed E-state index contributed by atoms with van der Waals surface area (Å²) in [6.07, 6.45) is 5.60. The fourth-order valence-electron chi connectivity index (χ4n) is 3.38. The summed E-state index contributed by atoms with van der Waals surface area (Å²) in [7, 11) is 1.93. The first-order valence-corrected chi connectivity index (χ1v) is 8.64. The SMILES string of the molecule is Cc1nn(C)cc1[C@H](C)Nc1nc2nonc2nc1N1CCCCC1. The number of aromatic nitrogens is 6. The van der Waals surface area contributed by atoms with Crippen molar-refractivity contribution in [3.8, 4) is 0 Å². The molecule has 1 fully saturated rings. The smallest absolute Gasteiger partial charge is 0.245 e. The zero-order chi connectivity index (χ0) is 17.4. The van der Waals surface area contributed by atoms with E-state index in [1.165, 1.54) is 6.42 Å². The normalized spacial score (nSPS) is 16.4. The third-order valence-electron chi connectivity index (χ3n) is 4.62. The lowest BCUT2D eigenvalue weighted by atomic mass is 10.1. The molecule has 0 aliphatic carbocycles. The molecule has 1 aliphatic heterocycles. The van der Waals surface area contributed by atoms with Gasteiger partial charge in [0.25, 0.3) is 0 Å². The number of anilines is 2. The van der Waals surface area contributed by atoms with E-state index in [1.807, 2.05) is 24.9 Å². The predicted molar refractivity (Wildman–Crippen MR) is 93.4 cm³/mol. The molecule has 3 aromatic rings. The van der Waals surface area contributed by atoms with Gasteiger partial charge in [0.05, 0.1) is 11.7 Å². The molecule has 0 aromatic carbocycles. The predicted octanol–water partition coefficient (Wildman–Crippen LogP) is 2.22. The summed E-state index contributed by atoms with van der Waals surface area (Å²) in [5.41, 5.74) is 2.99. The molecule has 0 saturated carbocycles. The summed E-state index contributed by atoms with van der Waals surface area (Å²) in [5.74, 6) is 1.53. The van der Waals surface area contributed by atoms with Gasteiger partial charge < -0.3 is 10.2 Å². The highest BCUT2D eigenvalue weighted by atomic mass is 16.6. The van der Waals surface area contributed by atoms with Crippen molar-refractivity contribution in [2.75, 3.05) is 23.3 Å². The zero-order valence-corrected chi connectivity index (χ0v) is 14.7. The van der Waals surface area contributed by atoms with Crippen molar-refractivity contribution >= 4 is 22.9 Å². The van der Waals surface area contributed by atoms with Gasteiger partial charge in [0.15, 0.2) is 11.6 Å². The largest absolute Gasteiger partial charge is 0.360 e. The highest BCUT2D eigenvalue weighted by Crippen LogP contribution is 2.30. The minimum absolute atomic E-state index is 0.0452. The lowest BCUT2D eigenvalue weighted by Gasteiger charge is -2.29. The van der Waals surface area contributed by atoms with Gasteiger partial charge in [-0.15, -0.1) is 0 Å². The van der Waals surface area contributed by atoms with E-state index in [9.17, 15) is 0 Å². The topological polar surface area (TPSA) is 97.8 Å². The van der Waals surface area contributed by atoms with Crippen molar-refractivity contribution < 1.29 is 4.63 Å². The second-order valence-corrected chi connectivity index (χ2v) is 6.56. The Morgan fingerprint density at radius 1 is 1.12 bits per heavy atom. The minimum atomic E-state index is 0.0452. The molecule has 0 amide bonds. The van der Waals surface area contributed by atoms with Crippen LogP contribution in [0.4, 0.5) is 11.6 Å². The average molecular weight is 342 g/mol. The Labute approximate surface area is 145 Å². The number of rotatable bonds is 4. The number of nitrogens with one attached hydrogen (secondary N) is 1. The van der Waals surface area contributed by atoms with Gasteiger partial charge in [0.1, 0.15) is 0 Å². The first-order valence-electron chi connectivity index (χ1n) is 8.64. The van der Waals surface area contributed by atoms with E-state index in [0.717, 1.165) is 43.0 Å². The molecule has 9 nitrogen and oxygen atoms in total. The Balaban J connectivity index is 1.70. The minimum Gasteiger partial charge on any atom is -0.360 e. The van der Waals surface area contributed by atoms with Crippen LogP contribution in [0.2, 0.25) is 0 Å². The van der Waals surface area contributed by atoms with Crippen LogP contribution in [0, 0.1) is 6.92 Å². The van der Waals surface area contributed by atoms with Crippen molar-refractivity contribution in [3.63, 3.8) is 0 Å². The second-order valence-electron chi connectivity index (χ2n) is 6.56. The number of aryl methyl sites for hydroxylation is 2. The van der Waals surface area contributed by atoms with E-state index in [-0.39, 0.29) is 6.04 Å². The summed E-state index contributed by atoms with van der Waals surface area (Å²) < 4.78 is 6.61. The monoisotopic (exact) mass is 342 g/mol. The van der Waals surface area contributed by atoms with Crippen molar-refractivity contribution in [1.82, 2.24) is 30.1 Å². The summed E-state index contributed by atoms with van der Waals surface area (Å²) >= 11 is 0. The van der Waals surface area contributed by atoms with Crippen LogP contribution in [0.25, 0.3) is 11.3 Å². The zero-order valence-electron chi connectivity index (χ0n) is 14.7.